The van der Waals surface area contributed by atoms with Gasteiger partial charge in [-0.2, -0.15) is 0 Å². The molecule has 0 spiro atoms. The Labute approximate surface area is 210 Å². The summed E-state index contributed by atoms with van der Waals surface area (Å²) in [7, 11) is 4.07. The lowest BCUT2D eigenvalue weighted by molar-refractivity contribution is -0.152. The largest absolute Gasteiger partial charge is 0.481 e. The first kappa shape index (κ1) is 29.0. The maximum atomic E-state index is 12.2. The number of aliphatic carboxylic acids is 2. The molecule has 0 amide bonds. The fourth-order valence-electron chi connectivity index (χ4n) is 4.22. The number of hydrogen-bond donors (Lipinski definition) is 4. The van der Waals surface area contributed by atoms with E-state index >= 15 is 0 Å². The Hall–Kier alpha value is -3.27. The summed E-state index contributed by atoms with van der Waals surface area (Å²) in [5.74, 6) is -2.64. The fourth-order valence-corrected chi connectivity index (χ4v) is 4.22. The van der Waals surface area contributed by atoms with Gasteiger partial charge in [0, 0.05) is 12.5 Å². The van der Waals surface area contributed by atoms with Crippen molar-refractivity contribution < 1.29 is 39.5 Å². The Kier molecular flexibility index (Phi) is 11.0. The molecule has 0 aliphatic heterocycles. The average molecular weight is 502 g/mol. The molecule has 196 valence electrons. The van der Waals surface area contributed by atoms with Crippen molar-refractivity contribution in [2.75, 3.05) is 20.6 Å². The van der Waals surface area contributed by atoms with Crippen molar-refractivity contribution in [3.05, 3.63) is 65.7 Å². The van der Waals surface area contributed by atoms with Crippen LogP contribution in [-0.4, -0.2) is 75.6 Å². The third-order valence-electron chi connectivity index (χ3n) is 6.07. The molecule has 0 aromatic heterocycles. The second kappa shape index (κ2) is 13.7. The first-order valence-corrected chi connectivity index (χ1v) is 11.9. The van der Waals surface area contributed by atoms with E-state index in [2.05, 4.69) is 4.90 Å². The second-order valence-corrected chi connectivity index (χ2v) is 9.26. The van der Waals surface area contributed by atoms with Gasteiger partial charge in [0.05, 0.1) is 17.6 Å². The zero-order chi connectivity index (χ0) is 26.7. The molecule has 2 unspecified atom stereocenters. The Morgan fingerprint density at radius 1 is 0.944 bits per heavy atom. The minimum atomic E-state index is -1.79. The van der Waals surface area contributed by atoms with Crippen LogP contribution in [0.4, 0.5) is 0 Å². The van der Waals surface area contributed by atoms with Crippen LogP contribution < -0.4 is 4.74 Å². The number of aliphatic hydroxyl groups is 2. The van der Waals surface area contributed by atoms with Gasteiger partial charge in [0.2, 0.25) is 0 Å². The van der Waals surface area contributed by atoms with Crippen LogP contribution in [0.3, 0.4) is 0 Å². The molecule has 36 heavy (non-hydrogen) atoms. The molecule has 0 heterocycles. The van der Waals surface area contributed by atoms with E-state index in [1.807, 2.05) is 56.6 Å². The number of carbonyl (C=O) groups is 3. The van der Waals surface area contributed by atoms with E-state index in [1.54, 1.807) is 12.1 Å². The number of rotatable bonds is 9. The average Bonchev–Trinajstić information content (AvgIpc) is 2.84. The number of hydrogen-bond acceptors (Lipinski definition) is 7. The first-order valence-electron chi connectivity index (χ1n) is 11.9. The first-order chi connectivity index (χ1) is 17.0. The molecule has 1 fully saturated rings. The number of nitrogens with zero attached hydrogens (tertiary/aromatic N) is 1. The van der Waals surface area contributed by atoms with Crippen molar-refractivity contribution in [3.8, 4) is 5.75 Å². The number of esters is 1. The van der Waals surface area contributed by atoms with Gasteiger partial charge in [-0.15, -0.1) is 0 Å². The number of aliphatic hydroxyl groups excluding tert-OH is 1. The van der Waals surface area contributed by atoms with E-state index < -0.39 is 30.1 Å². The summed E-state index contributed by atoms with van der Waals surface area (Å²) in [5, 5.41) is 35.4. The molecule has 0 radical (unpaired) electrons. The highest BCUT2D eigenvalue weighted by atomic mass is 16.5. The standard InChI is InChI=1S/C23H29NO3.C4H6O5/c1-24(2)17-21(23(26)15-7-4-8-16-23)18-11-13-20(14-12-18)27-22(25)19-9-5-3-6-10-19;5-2(4(8)9)1-3(6)7/h3,5-6,9-14,21,26H,4,7-8,15-17H2,1-2H3;2,5H,1H2,(H,6,7)(H,8,9). The molecule has 0 saturated heterocycles. The van der Waals surface area contributed by atoms with Gasteiger partial charge in [-0.25, -0.2) is 9.59 Å². The van der Waals surface area contributed by atoms with Gasteiger partial charge in [-0.1, -0.05) is 49.6 Å². The van der Waals surface area contributed by atoms with Crippen LogP contribution in [0, 0.1) is 0 Å². The molecule has 3 rings (SSSR count). The maximum Gasteiger partial charge on any atom is 0.343 e. The molecule has 1 aliphatic carbocycles. The smallest absolute Gasteiger partial charge is 0.343 e. The van der Waals surface area contributed by atoms with Crippen LogP contribution in [-0.2, 0) is 9.59 Å². The highest BCUT2D eigenvalue weighted by Crippen LogP contribution is 2.40. The summed E-state index contributed by atoms with van der Waals surface area (Å²) >= 11 is 0. The number of ether oxygens (including phenoxy) is 1. The van der Waals surface area contributed by atoms with Gasteiger partial charge in [0.1, 0.15) is 5.75 Å². The van der Waals surface area contributed by atoms with E-state index in [9.17, 15) is 19.5 Å². The van der Waals surface area contributed by atoms with E-state index in [0.717, 1.165) is 37.8 Å². The van der Waals surface area contributed by atoms with Gasteiger partial charge in [0.15, 0.2) is 6.10 Å². The minimum Gasteiger partial charge on any atom is -0.481 e. The molecule has 9 nitrogen and oxygen atoms in total. The Bertz CT molecular complexity index is 985. The third kappa shape index (κ3) is 9.07. The molecule has 2 aromatic carbocycles. The van der Waals surface area contributed by atoms with E-state index in [1.165, 1.54) is 6.42 Å². The second-order valence-electron chi connectivity index (χ2n) is 9.26. The third-order valence-corrected chi connectivity index (χ3v) is 6.07. The summed E-state index contributed by atoms with van der Waals surface area (Å²) in [6.07, 6.45) is 2.50. The van der Waals surface area contributed by atoms with Crippen LogP contribution >= 0.6 is 0 Å². The molecule has 1 aliphatic rings. The number of carboxylic acids is 2. The van der Waals surface area contributed by atoms with Crippen LogP contribution in [0.5, 0.6) is 5.75 Å². The Balaban J connectivity index is 0.000000434. The van der Waals surface area contributed by atoms with Gasteiger partial charge in [-0.05, 0) is 56.8 Å². The summed E-state index contributed by atoms with van der Waals surface area (Å²) in [6.45, 7) is 0.791. The lowest BCUT2D eigenvalue weighted by Gasteiger charge is -2.40. The topological polar surface area (TPSA) is 145 Å². The van der Waals surface area contributed by atoms with Crippen molar-refractivity contribution in [3.63, 3.8) is 0 Å². The van der Waals surface area contributed by atoms with Gasteiger partial charge < -0.3 is 30.1 Å². The number of likely N-dealkylation sites (N-methyl/N-ethyl adjacent to an activating group) is 1. The molecule has 2 aromatic rings. The van der Waals surface area contributed by atoms with Gasteiger partial charge in [-0.3, -0.25) is 4.79 Å². The quantitative estimate of drug-likeness (QED) is 0.301. The van der Waals surface area contributed by atoms with Gasteiger partial charge in [0.25, 0.3) is 0 Å². The van der Waals surface area contributed by atoms with E-state index in [0.29, 0.717) is 11.3 Å². The number of carbonyl (C=O) groups excluding carboxylic acids is 1. The fraction of sp³-hybridized carbons (Fsp3) is 0.444. The van der Waals surface area contributed by atoms with Crippen molar-refractivity contribution in [1.29, 1.82) is 0 Å². The van der Waals surface area contributed by atoms with Crippen LogP contribution in [0.2, 0.25) is 0 Å². The van der Waals surface area contributed by atoms with Crippen molar-refractivity contribution in [2.45, 2.75) is 56.1 Å². The normalized spacial score (nSPS) is 16.2. The van der Waals surface area contributed by atoms with Crippen molar-refractivity contribution in [1.82, 2.24) is 4.90 Å². The summed E-state index contributed by atoms with van der Waals surface area (Å²) in [5.41, 5.74) is 0.960. The monoisotopic (exact) mass is 501 g/mol. The van der Waals surface area contributed by atoms with E-state index in [-0.39, 0.29) is 11.9 Å². The van der Waals surface area contributed by atoms with Crippen molar-refractivity contribution >= 4 is 17.9 Å². The SMILES string of the molecule is CN(C)CC(c1ccc(OC(=O)c2ccccc2)cc1)C1(O)CCCCC1.O=C(O)CC(O)C(=O)O. The minimum absolute atomic E-state index is 0.0478. The van der Waals surface area contributed by atoms with Crippen LogP contribution in [0.1, 0.15) is 60.4 Å². The predicted molar refractivity (Wildman–Crippen MR) is 133 cm³/mol. The van der Waals surface area contributed by atoms with Crippen LogP contribution in [0.25, 0.3) is 0 Å². The highest BCUT2D eigenvalue weighted by Gasteiger charge is 2.38. The lowest BCUT2D eigenvalue weighted by atomic mass is 9.72. The zero-order valence-electron chi connectivity index (χ0n) is 20.7. The predicted octanol–water partition coefficient (Wildman–Crippen LogP) is 3.15. The van der Waals surface area contributed by atoms with E-state index in [4.69, 9.17) is 20.1 Å². The summed E-state index contributed by atoms with van der Waals surface area (Å²) in [6, 6.07) is 16.6. The zero-order valence-corrected chi connectivity index (χ0v) is 20.7. The molecule has 2 atom stereocenters. The number of carboxylic acid groups (broad SMARTS) is 2. The molecular formula is C27H35NO8. The Morgan fingerprint density at radius 3 is 2.00 bits per heavy atom. The molecule has 9 heteroatoms. The lowest BCUT2D eigenvalue weighted by Crippen LogP contribution is -2.42. The molecular weight excluding hydrogens is 466 g/mol. The highest BCUT2D eigenvalue weighted by molar-refractivity contribution is 5.90. The van der Waals surface area contributed by atoms with Crippen LogP contribution in [0.15, 0.2) is 54.6 Å². The summed E-state index contributed by atoms with van der Waals surface area (Å²) < 4.78 is 5.48. The molecule has 1 saturated carbocycles. The Morgan fingerprint density at radius 2 is 1.53 bits per heavy atom. The van der Waals surface area contributed by atoms with Gasteiger partial charge >= 0.3 is 17.9 Å². The number of benzene rings is 2. The van der Waals surface area contributed by atoms with Crippen molar-refractivity contribution in [2.24, 2.45) is 0 Å². The summed E-state index contributed by atoms with van der Waals surface area (Å²) in [4.78, 5) is 33.7. The maximum absolute atomic E-state index is 12.2. The molecule has 4 N–H and O–H groups in total. The molecule has 0 bridgehead atoms.